The van der Waals surface area contributed by atoms with Crippen LogP contribution < -0.4 is 11.1 Å². The first-order valence-corrected chi connectivity index (χ1v) is 7.76. The summed E-state index contributed by atoms with van der Waals surface area (Å²) >= 11 is 0. The number of nitrogens with two attached hydrogens (primary N) is 1. The quantitative estimate of drug-likeness (QED) is 0.829. The van der Waals surface area contributed by atoms with Gasteiger partial charge in [-0.1, -0.05) is 56.5 Å². The van der Waals surface area contributed by atoms with E-state index in [0.29, 0.717) is 18.4 Å². The zero-order valence-corrected chi connectivity index (χ0v) is 12.3. The SMILES string of the molecule is CC1CCCCCC1NC(=O)[C@H](N)Cc1ccccc1. The van der Waals surface area contributed by atoms with Crippen LogP contribution in [-0.2, 0) is 11.2 Å². The average Bonchev–Trinajstić information content (AvgIpc) is 2.65. The van der Waals surface area contributed by atoms with Gasteiger partial charge in [0.15, 0.2) is 0 Å². The number of carbonyl (C=O) groups excluding carboxylic acids is 1. The Labute approximate surface area is 121 Å². The first kappa shape index (κ1) is 15.0. The number of carbonyl (C=O) groups is 1. The number of hydrogen-bond acceptors (Lipinski definition) is 2. The van der Waals surface area contributed by atoms with Crippen molar-refractivity contribution in [1.29, 1.82) is 0 Å². The maximum absolute atomic E-state index is 12.2. The minimum atomic E-state index is -0.451. The lowest BCUT2D eigenvalue weighted by Gasteiger charge is -2.24. The molecular formula is C17H26N2O. The molecule has 3 atom stereocenters. The van der Waals surface area contributed by atoms with E-state index in [1.807, 2.05) is 30.3 Å². The predicted molar refractivity (Wildman–Crippen MR) is 82.3 cm³/mol. The van der Waals surface area contributed by atoms with Crippen LogP contribution in [0.2, 0.25) is 0 Å². The van der Waals surface area contributed by atoms with Crippen LogP contribution in [0.5, 0.6) is 0 Å². The minimum absolute atomic E-state index is 0.00685. The second-order valence-electron chi connectivity index (χ2n) is 6.03. The van der Waals surface area contributed by atoms with Crippen LogP contribution in [0, 0.1) is 5.92 Å². The number of amides is 1. The summed E-state index contributed by atoms with van der Waals surface area (Å²) < 4.78 is 0. The molecule has 2 unspecified atom stereocenters. The molecule has 3 nitrogen and oxygen atoms in total. The molecule has 2 rings (SSSR count). The molecule has 0 spiro atoms. The molecule has 3 N–H and O–H groups in total. The average molecular weight is 274 g/mol. The van der Waals surface area contributed by atoms with Gasteiger partial charge in [0.1, 0.15) is 0 Å². The fourth-order valence-electron chi connectivity index (χ4n) is 2.96. The van der Waals surface area contributed by atoms with E-state index >= 15 is 0 Å². The fraction of sp³-hybridized carbons (Fsp3) is 0.588. The van der Waals surface area contributed by atoms with E-state index in [4.69, 9.17) is 5.73 Å². The van der Waals surface area contributed by atoms with Crippen LogP contribution >= 0.6 is 0 Å². The minimum Gasteiger partial charge on any atom is -0.352 e. The molecule has 0 radical (unpaired) electrons. The largest absolute Gasteiger partial charge is 0.352 e. The van der Waals surface area contributed by atoms with Crippen molar-refractivity contribution in [2.75, 3.05) is 0 Å². The predicted octanol–water partition coefficient (Wildman–Crippen LogP) is 2.64. The number of benzene rings is 1. The van der Waals surface area contributed by atoms with E-state index in [-0.39, 0.29) is 5.91 Å². The van der Waals surface area contributed by atoms with Crippen molar-refractivity contribution >= 4 is 5.91 Å². The lowest BCUT2D eigenvalue weighted by molar-refractivity contribution is -0.123. The highest BCUT2D eigenvalue weighted by Crippen LogP contribution is 2.23. The highest BCUT2D eigenvalue weighted by atomic mass is 16.2. The van der Waals surface area contributed by atoms with E-state index in [9.17, 15) is 4.79 Å². The molecular weight excluding hydrogens is 248 g/mol. The normalized spacial score (nSPS) is 24.7. The summed E-state index contributed by atoms with van der Waals surface area (Å²) in [5, 5.41) is 3.16. The van der Waals surface area contributed by atoms with Crippen LogP contribution in [0.1, 0.15) is 44.6 Å². The van der Waals surface area contributed by atoms with Crippen molar-refractivity contribution in [3.05, 3.63) is 35.9 Å². The van der Waals surface area contributed by atoms with E-state index < -0.39 is 6.04 Å². The monoisotopic (exact) mass is 274 g/mol. The fourth-order valence-corrected chi connectivity index (χ4v) is 2.96. The second-order valence-corrected chi connectivity index (χ2v) is 6.03. The number of nitrogens with one attached hydrogen (secondary N) is 1. The summed E-state index contributed by atoms with van der Waals surface area (Å²) in [5.41, 5.74) is 7.15. The molecule has 1 aromatic carbocycles. The van der Waals surface area contributed by atoms with Gasteiger partial charge < -0.3 is 11.1 Å². The van der Waals surface area contributed by atoms with Crippen molar-refractivity contribution in [3.8, 4) is 0 Å². The summed E-state index contributed by atoms with van der Waals surface area (Å²) in [5.74, 6) is 0.554. The smallest absolute Gasteiger partial charge is 0.237 e. The van der Waals surface area contributed by atoms with E-state index in [0.717, 1.165) is 12.0 Å². The molecule has 0 heterocycles. The Balaban J connectivity index is 1.87. The van der Waals surface area contributed by atoms with E-state index in [1.54, 1.807) is 0 Å². The Morgan fingerprint density at radius 1 is 1.25 bits per heavy atom. The Morgan fingerprint density at radius 3 is 2.70 bits per heavy atom. The standard InChI is InChI=1S/C17H26N2O/c1-13-8-4-2-7-11-16(13)19-17(20)15(18)12-14-9-5-3-6-10-14/h3,5-6,9-10,13,15-16H,2,4,7-8,11-12,18H2,1H3,(H,19,20)/t13?,15-,16?/m1/s1. The molecule has 0 aliphatic heterocycles. The highest BCUT2D eigenvalue weighted by molar-refractivity contribution is 5.82. The molecule has 1 saturated carbocycles. The van der Waals surface area contributed by atoms with Crippen molar-refractivity contribution in [3.63, 3.8) is 0 Å². The van der Waals surface area contributed by atoms with Gasteiger partial charge in [-0.2, -0.15) is 0 Å². The van der Waals surface area contributed by atoms with Gasteiger partial charge in [0.05, 0.1) is 6.04 Å². The Morgan fingerprint density at radius 2 is 1.95 bits per heavy atom. The maximum Gasteiger partial charge on any atom is 0.237 e. The van der Waals surface area contributed by atoms with Crippen LogP contribution in [0.15, 0.2) is 30.3 Å². The first-order valence-electron chi connectivity index (χ1n) is 7.76. The summed E-state index contributed by atoms with van der Waals surface area (Å²) in [6.07, 6.45) is 6.68. The molecule has 1 aromatic rings. The van der Waals surface area contributed by atoms with Gasteiger partial charge in [-0.3, -0.25) is 4.79 Å². The van der Waals surface area contributed by atoms with E-state index in [2.05, 4.69) is 12.2 Å². The molecule has 3 heteroatoms. The van der Waals surface area contributed by atoms with Crippen molar-refractivity contribution in [2.45, 2.75) is 57.5 Å². The molecule has 0 saturated heterocycles. The van der Waals surface area contributed by atoms with Gasteiger partial charge in [0.25, 0.3) is 0 Å². The lowest BCUT2D eigenvalue weighted by Crippen LogP contribution is -2.48. The van der Waals surface area contributed by atoms with Crippen molar-refractivity contribution < 1.29 is 4.79 Å². The van der Waals surface area contributed by atoms with Crippen LogP contribution in [0.25, 0.3) is 0 Å². The van der Waals surface area contributed by atoms with Gasteiger partial charge in [0.2, 0.25) is 5.91 Å². The molecule has 0 bridgehead atoms. The van der Waals surface area contributed by atoms with Gasteiger partial charge in [-0.25, -0.2) is 0 Å². The third-order valence-corrected chi connectivity index (χ3v) is 4.32. The van der Waals surface area contributed by atoms with Gasteiger partial charge in [-0.15, -0.1) is 0 Å². The Bertz CT molecular complexity index is 418. The third kappa shape index (κ3) is 4.34. The topological polar surface area (TPSA) is 55.1 Å². The lowest BCUT2D eigenvalue weighted by atomic mass is 9.96. The maximum atomic E-state index is 12.2. The molecule has 110 valence electrons. The summed E-state index contributed by atoms with van der Waals surface area (Å²) in [6, 6.07) is 9.81. The van der Waals surface area contributed by atoms with Crippen molar-refractivity contribution in [2.24, 2.45) is 11.7 Å². The van der Waals surface area contributed by atoms with Gasteiger partial charge in [-0.05, 0) is 30.7 Å². The molecule has 20 heavy (non-hydrogen) atoms. The second kappa shape index (κ2) is 7.44. The summed E-state index contributed by atoms with van der Waals surface area (Å²) in [7, 11) is 0. The third-order valence-electron chi connectivity index (χ3n) is 4.32. The number of hydrogen-bond donors (Lipinski definition) is 2. The van der Waals surface area contributed by atoms with Crippen LogP contribution in [-0.4, -0.2) is 18.0 Å². The molecule has 1 fully saturated rings. The first-order chi connectivity index (χ1) is 9.66. The highest BCUT2D eigenvalue weighted by Gasteiger charge is 2.23. The zero-order valence-electron chi connectivity index (χ0n) is 12.3. The molecule has 1 aliphatic rings. The van der Waals surface area contributed by atoms with Crippen molar-refractivity contribution in [1.82, 2.24) is 5.32 Å². The molecule has 1 aliphatic carbocycles. The van der Waals surface area contributed by atoms with Gasteiger partial charge in [0, 0.05) is 6.04 Å². The zero-order chi connectivity index (χ0) is 14.4. The summed E-state index contributed by atoms with van der Waals surface area (Å²) in [4.78, 5) is 12.2. The van der Waals surface area contributed by atoms with Crippen LogP contribution in [0.3, 0.4) is 0 Å². The number of rotatable bonds is 4. The van der Waals surface area contributed by atoms with Gasteiger partial charge >= 0.3 is 0 Å². The Kier molecular flexibility index (Phi) is 5.60. The van der Waals surface area contributed by atoms with Crippen LogP contribution in [0.4, 0.5) is 0 Å². The molecule has 1 amide bonds. The van der Waals surface area contributed by atoms with E-state index in [1.165, 1.54) is 25.7 Å². The Hall–Kier alpha value is -1.35. The summed E-state index contributed by atoms with van der Waals surface area (Å²) in [6.45, 7) is 2.24. The molecule has 0 aromatic heterocycles.